The minimum absolute atomic E-state index is 0.0722. The number of hydrogen-bond acceptors (Lipinski definition) is 3. The van der Waals surface area contributed by atoms with Crippen LogP contribution in [-0.4, -0.2) is 20.2 Å². The molecule has 0 aromatic carbocycles. The normalized spacial score (nSPS) is 11.7. The standard InChI is InChI=1S/C8H5F3N4/c9-8(10,11)6-4-5(14-15-6)7-12-2-1-3-13-7/h1-4H,(H,14,15). The first-order valence-electron chi connectivity index (χ1n) is 3.97. The lowest BCUT2D eigenvalue weighted by atomic mass is 10.3. The van der Waals surface area contributed by atoms with Gasteiger partial charge in [0.2, 0.25) is 0 Å². The Morgan fingerprint density at radius 1 is 1.13 bits per heavy atom. The summed E-state index contributed by atoms with van der Waals surface area (Å²) in [5.74, 6) is 0.157. The summed E-state index contributed by atoms with van der Waals surface area (Å²) in [6.45, 7) is 0. The van der Waals surface area contributed by atoms with Crippen LogP contribution in [-0.2, 0) is 6.18 Å². The molecule has 1 N–H and O–H groups in total. The van der Waals surface area contributed by atoms with E-state index >= 15 is 0 Å². The maximum absolute atomic E-state index is 12.2. The lowest BCUT2D eigenvalue weighted by molar-refractivity contribution is -0.141. The van der Waals surface area contributed by atoms with Crippen LogP contribution >= 0.6 is 0 Å². The van der Waals surface area contributed by atoms with Gasteiger partial charge in [-0.05, 0) is 12.1 Å². The number of nitrogens with zero attached hydrogens (tertiary/aromatic N) is 3. The topological polar surface area (TPSA) is 54.5 Å². The molecule has 0 saturated carbocycles. The molecule has 0 aliphatic carbocycles. The van der Waals surface area contributed by atoms with Crippen LogP contribution in [0.5, 0.6) is 0 Å². The Hall–Kier alpha value is -1.92. The molecule has 7 heteroatoms. The van der Waals surface area contributed by atoms with Crippen molar-refractivity contribution in [3.05, 3.63) is 30.2 Å². The zero-order valence-corrected chi connectivity index (χ0v) is 7.28. The van der Waals surface area contributed by atoms with Crippen molar-refractivity contribution in [1.82, 2.24) is 20.2 Å². The van der Waals surface area contributed by atoms with Crippen LogP contribution in [0.15, 0.2) is 24.5 Å². The van der Waals surface area contributed by atoms with Gasteiger partial charge >= 0.3 is 6.18 Å². The van der Waals surface area contributed by atoms with Crippen molar-refractivity contribution < 1.29 is 13.2 Å². The van der Waals surface area contributed by atoms with E-state index in [1.807, 2.05) is 5.10 Å². The predicted molar refractivity (Wildman–Crippen MR) is 44.6 cm³/mol. The van der Waals surface area contributed by atoms with Gasteiger partial charge in [-0.25, -0.2) is 9.97 Å². The summed E-state index contributed by atoms with van der Waals surface area (Å²) < 4.78 is 36.6. The van der Waals surface area contributed by atoms with Crippen LogP contribution in [0.3, 0.4) is 0 Å². The minimum atomic E-state index is -4.43. The Kier molecular flexibility index (Phi) is 2.14. The van der Waals surface area contributed by atoms with Crippen LogP contribution in [0.4, 0.5) is 13.2 Å². The molecule has 2 aromatic heterocycles. The summed E-state index contributed by atoms with van der Waals surface area (Å²) in [4.78, 5) is 7.57. The molecule has 0 unspecified atom stereocenters. The van der Waals surface area contributed by atoms with Crippen molar-refractivity contribution in [2.45, 2.75) is 6.18 Å². The Balaban J connectivity index is 2.37. The maximum Gasteiger partial charge on any atom is 0.432 e. The summed E-state index contributed by atoms with van der Waals surface area (Å²) in [6.07, 6.45) is -1.56. The summed E-state index contributed by atoms with van der Waals surface area (Å²) >= 11 is 0. The van der Waals surface area contributed by atoms with Gasteiger partial charge < -0.3 is 0 Å². The van der Waals surface area contributed by atoms with Gasteiger partial charge in [0.25, 0.3) is 0 Å². The van der Waals surface area contributed by atoms with Crippen molar-refractivity contribution >= 4 is 0 Å². The Labute approximate surface area is 82.2 Å². The fourth-order valence-corrected chi connectivity index (χ4v) is 1.01. The predicted octanol–water partition coefficient (Wildman–Crippen LogP) is 1.89. The molecule has 0 bridgehead atoms. The number of aromatic nitrogens is 4. The summed E-state index contributed by atoms with van der Waals surface area (Å²) in [7, 11) is 0. The first-order chi connectivity index (χ1) is 7.07. The van der Waals surface area contributed by atoms with E-state index in [4.69, 9.17) is 0 Å². The van der Waals surface area contributed by atoms with Crippen molar-refractivity contribution in [2.75, 3.05) is 0 Å². The van der Waals surface area contributed by atoms with Crippen LogP contribution in [0.25, 0.3) is 11.5 Å². The molecule has 2 aromatic rings. The van der Waals surface area contributed by atoms with Gasteiger partial charge in [-0.1, -0.05) is 0 Å². The molecule has 0 amide bonds. The number of nitrogens with one attached hydrogen (secondary N) is 1. The van der Waals surface area contributed by atoms with Gasteiger partial charge in [0.15, 0.2) is 5.82 Å². The third-order valence-electron chi connectivity index (χ3n) is 1.68. The summed E-state index contributed by atoms with van der Waals surface area (Å²) in [6, 6.07) is 2.44. The Morgan fingerprint density at radius 3 is 2.33 bits per heavy atom. The first kappa shape index (κ1) is 9.63. The highest BCUT2D eigenvalue weighted by Gasteiger charge is 2.33. The number of halogens is 3. The first-order valence-corrected chi connectivity index (χ1v) is 3.97. The van der Waals surface area contributed by atoms with Crippen molar-refractivity contribution in [3.63, 3.8) is 0 Å². The zero-order chi connectivity index (χ0) is 10.9. The molecule has 0 saturated heterocycles. The second kappa shape index (κ2) is 3.34. The Morgan fingerprint density at radius 2 is 1.80 bits per heavy atom. The van der Waals surface area contributed by atoms with E-state index in [-0.39, 0.29) is 11.5 Å². The number of H-pyrrole nitrogens is 1. The molecule has 15 heavy (non-hydrogen) atoms. The number of aromatic amines is 1. The minimum Gasteiger partial charge on any atom is -0.273 e. The van der Waals surface area contributed by atoms with E-state index in [1.54, 1.807) is 6.07 Å². The second-order valence-corrected chi connectivity index (χ2v) is 2.74. The lowest BCUT2D eigenvalue weighted by Crippen LogP contribution is -2.04. The highest BCUT2D eigenvalue weighted by molar-refractivity contribution is 5.48. The van der Waals surface area contributed by atoms with Crippen LogP contribution in [0.2, 0.25) is 0 Å². The molecule has 0 aliphatic heterocycles. The zero-order valence-electron chi connectivity index (χ0n) is 7.28. The molecular weight excluding hydrogens is 209 g/mol. The van der Waals surface area contributed by atoms with Gasteiger partial charge in [0.05, 0.1) is 0 Å². The number of hydrogen-bond donors (Lipinski definition) is 1. The van der Waals surface area contributed by atoms with E-state index in [2.05, 4.69) is 15.1 Å². The summed E-state index contributed by atoms with van der Waals surface area (Å²) in [5.41, 5.74) is -0.840. The Bertz CT molecular complexity index is 448. The summed E-state index contributed by atoms with van der Waals surface area (Å²) in [5, 5.41) is 5.37. The maximum atomic E-state index is 12.2. The fourth-order valence-electron chi connectivity index (χ4n) is 1.01. The SMILES string of the molecule is FC(F)(F)c1cc(-c2ncccn2)n[nH]1. The molecule has 2 rings (SSSR count). The van der Waals surface area contributed by atoms with Crippen LogP contribution in [0, 0.1) is 0 Å². The lowest BCUT2D eigenvalue weighted by Gasteiger charge is -1.99. The van der Waals surface area contributed by atoms with Gasteiger partial charge in [-0.2, -0.15) is 18.3 Å². The third kappa shape index (κ3) is 1.95. The monoisotopic (exact) mass is 214 g/mol. The average Bonchev–Trinajstić information content (AvgIpc) is 2.67. The average molecular weight is 214 g/mol. The van der Waals surface area contributed by atoms with Gasteiger partial charge in [0.1, 0.15) is 11.4 Å². The van der Waals surface area contributed by atoms with Gasteiger partial charge in [-0.15, -0.1) is 0 Å². The number of alkyl halides is 3. The largest absolute Gasteiger partial charge is 0.432 e. The van der Waals surface area contributed by atoms with Crippen LogP contribution < -0.4 is 0 Å². The third-order valence-corrected chi connectivity index (χ3v) is 1.68. The van der Waals surface area contributed by atoms with Crippen molar-refractivity contribution in [2.24, 2.45) is 0 Å². The van der Waals surface area contributed by atoms with E-state index < -0.39 is 11.9 Å². The molecule has 0 radical (unpaired) electrons. The van der Waals surface area contributed by atoms with E-state index in [9.17, 15) is 13.2 Å². The molecule has 0 atom stereocenters. The molecular formula is C8H5F3N4. The fraction of sp³-hybridized carbons (Fsp3) is 0.125. The second-order valence-electron chi connectivity index (χ2n) is 2.74. The van der Waals surface area contributed by atoms with E-state index in [0.29, 0.717) is 0 Å². The van der Waals surface area contributed by atoms with Crippen molar-refractivity contribution in [3.8, 4) is 11.5 Å². The van der Waals surface area contributed by atoms with Crippen molar-refractivity contribution in [1.29, 1.82) is 0 Å². The quantitative estimate of drug-likeness (QED) is 0.788. The van der Waals surface area contributed by atoms with Crippen LogP contribution in [0.1, 0.15) is 5.69 Å². The van der Waals surface area contributed by atoms with Gasteiger partial charge in [0, 0.05) is 12.4 Å². The molecule has 2 heterocycles. The highest BCUT2D eigenvalue weighted by atomic mass is 19.4. The highest BCUT2D eigenvalue weighted by Crippen LogP contribution is 2.29. The smallest absolute Gasteiger partial charge is 0.273 e. The molecule has 0 fully saturated rings. The molecule has 0 aliphatic rings. The molecule has 0 spiro atoms. The van der Waals surface area contributed by atoms with E-state index in [0.717, 1.165) is 6.07 Å². The van der Waals surface area contributed by atoms with Gasteiger partial charge in [-0.3, -0.25) is 5.10 Å². The number of rotatable bonds is 1. The molecule has 78 valence electrons. The molecule has 4 nitrogen and oxygen atoms in total. The van der Waals surface area contributed by atoms with E-state index in [1.165, 1.54) is 12.4 Å².